The van der Waals surface area contributed by atoms with Gasteiger partial charge in [-0.1, -0.05) is 6.07 Å². The lowest BCUT2D eigenvalue weighted by molar-refractivity contribution is -0.166. The highest BCUT2D eigenvalue weighted by atomic mass is 16.6. The standard InChI is InChI=1S/C17H27NO5/c1-6-22-14-10-11(7-8-13(14)21-5)9-12(18)15(19)16(20)23-17(2,3)4/h7-8,10,12,15,19H,6,9,18H2,1-5H3. The monoisotopic (exact) mass is 325 g/mol. The zero-order chi connectivity index (χ0) is 17.6. The first kappa shape index (κ1) is 19.3. The molecule has 3 N–H and O–H groups in total. The van der Waals surface area contributed by atoms with Crippen LogP contribution in [0.15, 0.2) is 18.2 Å². The molecule has 1 aromatic carbocycles. The summed E-state index contributed by atoms with van der Waals surface area (Å²) in [7, 11) is 1.57. The van der Waals surface area contributed by atoms with Crippen molar-refractivity contribution in [2.75, 3.05) is 13.7 Å². The first-order valence-corrected chi connectivity index (χ1v) is 7.64. The van der Waals surface area contributed by atoms with Crippen molar-refractivity contribution in [3.63, 3.8) is 0 Å². The SMILES string of the molecule is CCOc1cc(CC(N)C(O)C(=O)OC(C)(C)C)ccc1OC. The number of aliphatic hydroxyl groups is 1. The van der Waals surface area contributed by atoms with Crippen molar-refractivity contribution in [1.29, 1.82) is 0 Å². The Bertz CT molecular complexity index is 524. The van der Waals surface area contributed by atoms with Crippen LogP contribution in [0.3, 0.4) is 0 Å². The molecule has 0 saturated heterocycles. The van der Waals surface area contributed by atoms with Crippen molar-refractivity contribution >= 4 is 5.97 Å². The zero-order valence-electron chi connectivity index (χ0n) is 14.5. The highest BCUT2D eigenvalue weighted by Gasteiger charge is 2.28. The Morgan fingerprint density at radius 2 is 1.96 bits per heavy atom. The fourth-order valence-electron chi connectivity index (χ4n) is 2.04. The van der Waals surface area contributed by atoms with Gasteiger partial charge in [-0.15, -0.1) is 0 Å². The lowest BCUT2D eigenvalue weighted by Crippen LogP contribution is -2.45. The van der Waals surface area contributed by atoms with Crippen molar-refractivity contribution in [3.8, 4) is 11.5 Å². The summed E-state index contributed by atoms with van der Waals surface area (Å²) in [6, 6.07) is 4.62. The number of hydrogen-bond acceptors (Lipinski definition) is 6. The molecule has 0 bridgehead atoms. The third kappa shape index (κ3) is 6.08. The van der Waals surface area contributed by atoms with Crippen LogP contribution in [0, 0.1) is 0 Å². The van der Waals surface area contributed by atoms with Crippen LogP contribution >= 0.6 is 0 Å². The molecule has 0 aromatic heterocycles. The number of aliphatic hydroxyl groups excluding tert-OH is 1. The van der Waals surface area contributed by atoms with Gasteiger partial charge in [-0.3, -0.25) is 0 Å². The van der Waals surface area contributed by atoms with E-state index in [2.05, 4.69) is 0 Å². The first-order chi connectivity index (χ1) is 10.7. The summed E-state index contributed by atoms with van der Waals surface area (Å²) in [5.74, 6) is 0.506. The van der Waals surface area contributed by atoms with Crippen LogP contribution in [0.5, 0.6) is 11.5 Å². The van der Waals surface area contributed by atoms with Gasteiger partial charge in [0.1, 0.15) is 5.60 Å². The van der Waals surface area contributed by atoms with Gasteiger partial charge < -0.3 is 25.1 Å². The van der Waals surface area contributed by atoms with E-state index in [9.17, 15) is 9.90 Å². The van der Waals surface area contributed by atoms with Crippen LogP contribution in [0.4, 0.5) is 0 Å². The van der Waals surface area contributed by atoms with Gasteiger partial charge >= 0.3 is 5.97 Å². The summed E-state index contributed by atoms with van der Waals surface area (Å²) in [6.45, 7) is 7.60. The molecule has 0 heterocycles. The number of rotatable bonds is 7. The van der Waals surface area contributed by atoms with Crippen LogP contribution in [-0.4, -0.2) is 42.5 Å². The molecule has 0 spiro atoms. The molecule has 130 valence electrons. The molecular weight excluding hydrogens is 298 g/mol. The summed E-state index contributed by atoms with van der Waals surface area (Å²) in [5, 5.41) is 10.0. The average Bonchev–Trinajstić information content (AvgIpc) is 2.45. The number of carbonyl (C=O) groups is 1. The second-order valence-corrected chi connectivity index (χ2v) is 6.26. The molecule has 2 unspecified atom stereocenters. The summed E-state index contributed by atoms with van der Waals surface area (Å²) in [4.78, 5) is 11.9. The van der Waals surface area contributed by atoms with Crippen LogP contribution in [0.25, 0.3) is 0 Å². The van der Waals surface area contributed by atoms with Crippen molar-refractivity contribution < 1.29 is 24.1 Å². The van der Waals surface area contributed by atoms with Crippen molar-refractivity contribution in [2.24, 2.45) is 5.73 Å². The van der Waals surface area contributed by atoms with Gasteiger partial charge in [0.15, 0.2) is 17.6 Å². The van der Waals surface area contributed by atoms with Crippen LogP contribution in [-0.2, 0) is 16.0 Å². The summed E-state index contributed by atoms with van der Waals surface area (Å²) >= 11 is 0. The lowest BCUT2D eigenvalue weighted by atomic mass is 10.0. The van der Waals surface area contributed by atoms with Crippen LogP contribution in [0.2, 0.25) is 0 Å². The quantitative estimate of drug-likeness (QED) is 0.741. The molecular formula is C17H27NO5. The van der Waals surface area contributed by atoms with Gasteiger partial charge in [0.25, 0.3) is 0 Å². The molecule has 6 heteroatoms. The smallest absolute Gasteiger partial charge is 0.337 e. The Labute approximate surface area is 137 Å². The Hall–Kier alpha value is -1.79. The second-order valence-electron chi connectivity index (χ2n) is 6.26. The van der Waals surface area contributed by atoms with E-state index in [-0.39, 0.29) is 0 Å². The molecule has 0 aliphatic heterocycles. The van der Waals surface area contributed by atoms with Gasteiger partial charge in [-0.05, 0) is 51.8 Å². The van der Waals surface area contributed by atoms with E-state index in [1.807, 2.05) is 13.0 Å². The maximum Gasteiger partial charge on any atom is 0.337 e. The van der Waals surface area contributed by atoms with E-state index in [1.54, 1.807) is 40.0 Å². The Morgan fingerprint density at radius 1 is 1.30 bits per heavy atom. The summed E-state index contributed by atoms with van der Waals surface area (Å²) in [6.07, 6.45) is -1.07. The molecule has 0 radical (unpaired) electrons. The Kier molecular flexibility index (Phi) is 6.84. The molecule has 0 fully saturated rings. The molecule has 0 saturated carbocycles. The van der Waals surface area contributed by atoms with Crippen molar-refractivity contribution in [2.45, 2.75) is 51.9 Å². The van der Waals surface area contributed by atoms with E-state index >= 15 is 0 Å². The van der Waals surface area contributed by atoms with Gasteiger partial charge in [0.2, 0.25) is 0 Å². The van der Waals surface area contributed by atoms with Crippen LogP contribution < -0.4 is 15.2 Å². The van der Waals surface area contributed by atoms with Gasteiger partial charge in [-0.2, -0.15) is 0 Å². The van der Waals surface area contributed by atoms with Gasteiger partial charge in [0, 0.05) is 6.04 Å². The number of ether oxygens (including phenoxy) is 3. The number of benzene rings is 1. The maximum atomic E-state index is 11.9. The van der Waals surface area contributed by atoms with Gasteiger partial charge in [-0.25, -0.2) is 4.79 Å². The summed E-state index contributed by atoms with van der Waals surface area (Å²) in [5.41, 5.74) is 6.11. The number of carbonyl (C=O) groups excluding carboxylic acids is 1. The van der Waals surface area contributed by atoms with Crippen molar-refractivity contribution in [1.82, 2.24) is 0 Å². The maximum absolute atomic E-state index is 11.9. The van der Waals surface area contributed by atoms with E-state index < -0.39 is 23.7 Å². The normalized spacial score (nSPS) is 14.0. The molecule has 0 aliphatic rings. The molecule has 6 nitrogen and oxygen atoms in total. The molecule has 2 atom stereocenters. The Balaban J connectivity index is 2.78. The van der Waals surface area contributed by atoms with E-state index in [4.69, 9.17) is 19.9 Å². The van der Waals surface area contributed by atoms with Crippen molar-refractivity contribution in [3.05, 3.63) is 23.8 Å². The molecule has 1 aromatic rings. The topological polar surface area (TPSA) is 91.0 Å². The fraction of sp³-hybridized carbons (Fsp3) is 0.588. The minimum absolute atomic E-state index is 0.310. The third-order valence-electron chi connectivity index (χ3n) is 3.05. The first-order valence-electron chi connectivity index (χ1n) is 7.64. The molecule has 1 rings (SSSR count). The van der Waals surface area contributed by atoms with Crippen LogP contribution in [0.1, 0.15) is 33.3 Å². The predicted molar refractivity (Wildman–Crippen MR) is 87.7 cm³/mol. The fourth-order valence-corrected chi connectivity index (χ4v) is 2.04. The Morgan fingerprint density at radius 3 is 2.48 bits per heavy atom. The molecule has 0 aliphatic carbocycles. The number of nitrogens with two attached hydrogens (primary N) is 1. The minimum Gasteiger partial charge on any atom is -0.493 e. The number of hydrogen-bond donors (Lipinski definition) is 2. The molecule has 0 amide bonds. The highest BCUT2D eigenvalue weighted by Crippen LogP contribution is 2.28. The lowest BCUT2D eigenvalue weighted by Gasteiger charge is -2.24. The largest absolute Gasteiger partial charge is 0.493 e. The zero-order valence-corrected chi connectivity index (χ0v) is 14.5. The minimum atomic E-state index is -1.38. The average molecular weight is 325 g/mol. The highest BCUT2D eigenvalue weighted by molar-refractivity contribution is 5.75. The van der Waals surface area contributed by atoms with E-state index in [0.717, 1.165) is 5.56 Å². The van der Waals surface area contributed by atoms with E-state index in [1.165, 1.54) is 0 Å². The van der Waals surface area contributed by atoms with Gasteiger partial charge in [0.05, 0.1) is 13.7 Å². The predicted octanol–water partition coefficient (Wildman–Crippen LogP) is 1.67. The van der Waals surface area contributed by atoms with E-state index in [0.29, 0.717) is 24.5 Å². The third-order valence-corrected chi connectivity index (χ3v) is 3.05. The summed E-state index contributed by atoms with van der Waals surface area (Å²) < 4.78 is 15.9. The number of methoxy groups -OCH3 is 1. The number of esters is 1. The molecule has 23 heavy (non-hydrogen) atoms. The second kappa shape index (κ2) is 8.17.